The Hall–Kier alpha value is -2.41. The van der Waals surface area contributed by atoms with E-state index in [1.54, 1.807) is 0 Å². The van der Waals surface area contributed by atoms with Crippen molar-refractivity contribution in [3.8, 4) is 0 Å². The molecule has 25 heavy (non-hydrogen) atoms. The van der Waals surface area contributed by atoms with E-state index in [0.717, 1.165) is 11.1 Å². The highest BCUT2D eigenvalue weighted by Gasteiger charge is 2.12. The first-order valence-corrected chi connectivity index (χ1v) is 8.31. The molecule has 0 aromatic heterocycles. The number of rotatable bonds is 6. The number of ether oxygens (including phenoxy) is 1. The number of hydrogen-bond donors (Lipinski definition) is 1. The Morgan fingerprint density at radius 1 is 1.08 bits per heavy atom. The van der Waals surface area contributed by atoms with Gasteiger partial charge in [-0.3, -0.25) is 4.79 Å². The predicted octanol–water partition coefficient (Wildman–Crippen LogP) is 4.41. The van der Waals surface area contributed by atoms with Gasteiger partial charge in [-0.15, -0.1) is 0 Å². The summed E-state index contributed by atoms with van der Waals surface area (Å²) in [5, 5.41) is 2.66. The summed E-state index contributed by atoms with van der Waals surface area (Å²) >= 11 is 0.391. The smallest absolute Gasteiger partial charge is 0.338 e. The number of nitrogens with one attached hydrogen (secondary N) is 1. The summed E-state index contributed by atoms with van der Waals surface area (Å²) in [5.41, 5.74) is 2.84. The molecule has 0 bridgehead atoms. The normalized spacial score (nSPS) is 10.6. The number of alkyl halides is 2. The molecule has 2 aromatic carbocycles. The minimum absolute atomic E-state index is 0.192. The second-order valence-corrected chi connectivity index (χ2v) is 6.47. The van der Waals surface area contributed by atoms with Gasteiger partial charge in [0.25, 0.3) is 11.7 Å². The van der Waals surface area contributed by atoms with Crippen LogP contribution in [0.5, 0.6) is 0 Å². The van der Waals surface area contributed by atoms with Crippen molar-refractivity contribution in [3.63, 3.8) is 0 Å². The highest BCUT2D eigenvalue weighted by atomic mass is 32.2. The number of anilines is 1. The molecule has 0 saturated carbocycles. The molecule has 1 N–H and O–H groups in total. The van der Waals surface area contributed by atoms with E-state index in [1.807, 2.05) is 32.0 Å². The van der Waals surface area contributed by atoms with Gasteiger partial charge in [0, 0.05) is 10.6 Å². The van der Waals surface area contributed by atoms with Crippen LogP contribution >= 0.6 is 11.8 Å². The van der Waals surface area contributed by atoms with Crippen molar-refractivity contribution in [2.24, 2.45) is 0 Å². The Bertz CT molecular complexity index is 743. The fourth-order valence-electron chi connectivity index (χ4n) is 2.23. The molecule has 2 rings (SSSR count). The Morgan fingerprint density at radius 2 is 1.68 bits per heavy atom. The number of esters is 1. The summed E-state index contributed by atoms with van der Waals surface area (Å²) in [6.45, 7) is 3.40. The van der Waals surface area contributed by atoms with E-state index < -0.39 is 24.2 Å². The zero-order valence-electron chi connectivity index (χ0n) is 13.7. The first-order valence-electron chi connectivity index (χ1n) is 7.43. The lowest BCUT2D eigenvalue weighted by molar-refractivity contribution is -0.119. The monoisotopic (exact) mass is 365 g/mol. The predicted molar refractivity (Wildman–Crippen MR) is 93.1 cm³/mol. The van der Waals surface area contributed by atoms with Crippen molar-refractivity contribution in [2.45, 2.75) is 24.5 Å². The van der Waals surface area contributed by atoms with Gasteiger partial charge in [-0.05, 0) is 61.4 Å². The summed E-state index contributed by atoms with van der Waals surface area (Å²) < 4.78 is 29.4. The molecule has 4 nitrogen and oxygen atoms in total. The van der Waals surface area contributed by atoms with E-state index in [0.29, 0.717) is 22.3 Å². The lowest BCUT2D eigenvalue weighted by atomic mass is 10.1. The van der Waals surface area contributed by atoms with Crippen molar-refractivity contribution in [3.05, 3.63) is 59.2 Å². The molecule has 0 radical (unpaired) electrons. The SMILES string of the molecule is Cc1cc(C)cc(NC(=O)COC(=O)c2ccc(SC(F)F)cc2)c1. The van der Waals surface area contributed by atoms with Crippen LogP contribution in [-0.2, 0) is 9.53 Å². The molecule has 0 aliphatic rings. The Morgan fingerprint density at radius 3 is 2.24 bits per heavy atom. The molecule has 0 fully saturated rings. The number of aryl methyl sites for hydroxylation is 2. The van der Waals surface area contributed by atoms with Crippen LogP contribution in [0.2, 0.25) is 0 Å². The van der Waals surface area contributed by atoms with Crippen molar-refractivity contribution < 1.29 is 23.1 Å². The van der Waals surface area contributed by atoms with Crippen LogP contribution in [-0.4, -0.2) is 24.2 Å². The van der Waals surface area contributed by atoms with E-state index in [4.69, 9.17) is 4.74 Å². The van der Waals surface area contributed by atoms with Crippen LogP contribution in [0.4, 0.5) is 14.5 Å². The van der Waals surface area contributed by atoms with Gasteiger partial charge >= 0.3 is 5.97 Å². The van der Waals surface area contributed by atoms with Gasteiger partial charge < -0.3 is 10.1 Å². The average molecular weight is 365 g/mol. The number of amides is 1. The van der Waals surface area contributed by atoms with E-state index in [2.05, 4.69) is 5.32 Å². The van der Waals surface area contributed by atoms with E-state index in [-0.39, 0.29) is 5.56 Å². The number of carbonyl (C=O) groups excluding carboxylic acids is 2. The van der Waals surface area contributed by atoms with E-state index in [1.165, 1.54) is 24.3 Å². The summed E-state index contributed by atoms with van der Waals surface area (Å²) in [4.78, 5) is 24.1. The maximum absolute atomic E-state index is 12.2. The number of halogens is 2. The largest absolute Gasteiger partial charge is 0.452 e. The molecule has 0 saturated heterocycles. The minimum Gasteiger partial charge on any atom is -0.452 e. The van der Waals surface area contributed by atoms with Crippen LogP contribution < -0.4 is 5.32 Å². The van der Waals surface area contributed by atoms with Gasteiger partial charge in [-0.2, -0.15) is 8.78 Å². The molecular formula is C18H17F2NO3S. The second kappa shape index (κ2) is 8.62. The van der Waals surface area contributed by atoms with Crippen LogP contribution in [0, 0.1) is 13.8 Å². The number of benzene rings is 2. The maximum Gasteiger partial charge on any atom is 0.338 e. The highest BCUT2D eigenvalue weighted by molar-refractivity contribution is 7.99. The third-order valence-corrected chi connectivity index (χ3v) is 3.88. The van der Waals surface area contributed by atoms with Crippen LogP contribution in [0.1, 0.15) is 21.5 Å². The Balaban J connectivity index is 1.87. The fraction of sp³-hybridized carbons (Fsp3) is 0.222. The first-order chi connectivity index (χ1) is 11.8. The van der Waals surface area contributed by atoms with Gasteiger partial charge in [0.05, 0.1) is 5.56 Å². The lowest BCUT2D eigenvalue weighted by Gasteiger charge is -2.08. The molecule has 2 aromatic rings. The van der Waals surface area contributed by atoms with Crippen molar-refractivity contribution in [1.29, 1.82) is 0 Å². The number of hydrogen-bond acceptors (Lipinski definition) is 4. The summed E-state index contributed by atoms with van der Waals surface area (Å²) in [6.07, 6.45) is 0. The molecular weight excluding hydrogens is 348 g/mol. The summed E-state index contributed by atoms with van der Waals surface area (Å²) in [7, 11) is 0. The standard InChI is InChI=1S/C18H17F2NO3S/c1-11-7-12(2)9-14(8-11)21-16(22)10-24-17(23)13-3-5-15(6-4-13)25-18(19)20/h3-9,18H,10H2,1-2H3,(H,21,22). The van der Waals surface area contributed by atoms with Crippen molar-refractivity contribution in [2.75, 3.05) is 11.9 Å². The van der Waals surface area contributed by atoms with Gasteiger partial charge in [0.15, 0.2) is 6.61 Å². The molecule has 0 aliphatic heterocycles. The van der Waals surface area contributed by atoms with Crippen molar-refractivity contribution in [1.82, 2.24) is 0 Å². The molecule has 132 valence electrons. The molecule has 0 unspecified atom stereocenters. The van der Waals surface area contributed by atoms with Crippen LogP contribution in [0.3, 0.4) is 0 Å². The highest BCUT2D eigenvalue weighted by Crippen LogP contribution is 2.25. The first kappa shape index (κ1) is 18.9. The Labute approximate surface area is 148 Å². The lowest BCUT2D eigenvalue weighted by Crippen LogP contribution is -2.21. The molecule has 0 heterocycles. The maximum atomic E-state index is 12.2. The molecule has 0 aliphatic carbocycles. The van der Waals surface area contributed by atoms with Crippen LogP contribution in [0.15, 0.2) is 47.4 Å². The average Bonchev–Trinajstić information content (AvgIpc) is 2.51. The van der Waals surface area contributed by atoms with Gasteiger partial charge in [-0.25, -0.2) is 4.79 Å². The van der Waals surface area contributed by atoms with Gasteiger partial charge in [-0.1, -0.05) is 17.8 Å². The van der Waals surface area contributed by atoms with Gasteiger partial charge in [0.2, 0.25) is 0 Å². The molecule has 1 amide bonds. The summed E-state index contributed by atoms with van der Waals surface area (Å²) in [5.74, 6) is -3.67. The fourth-order valence-corrected chi connectivity index (χ4v) is 2.73. The summed E-state index contributed by atoms with van der Waals surface area (Å²) in [6, 6.07) is 11.2. The van der Waals surface area contributed by atoms with Crippen LogP contribution in [0.25, 0.3) is 0 Å². The second-order valence-electron chi connectivity index (χ2n) is 5.40. The van der Waals surface area contributed by atoms with Crippen molar-refractivity contribution >= 4 is 29.3 Å². The number of thioether (sulfide) groups is 1. The Kier molecular flexibility index (Phi) is 6.52. The quantitative estimate of drug-likeness (QED) is 0.608. The zero-order chi connectivity index (χ0) is 18.4. The minimum atomic E-state index is -2.52. The topological polar surface area (TPSA) is 55.4 Å². The molecule has 0 spiro atoms. The molecule has 0 atom stereocenters. The van der Waals surface area contributed by atoms with E-state index >= 15 is 0 Å². The van der Waals surface area contributed by atoms with Gasteiger partial charge in [0.1, 0.15) is 0 Å². The van der Waals surface area contributed by atoms with E-state index in [9.17, 15) is 18.4 Å². The third kappa shape index (κ3) is 6.19. The third-order valence-electron chi connectivity index (χ3n) is 3.15. The number of carbonyl (C=O) groups is 2. The zero-order valence-corrected chi connectivity index (χ0v) is 14.5. The molecule has 7 heteroatoms.